The Morgan fingerprint density at radius 2 is 1.61 bits per heavy atom. The summed E-state index contributed by atoms with van der Waals surface area (Å²) in [4.78, 5) is 0. The Labute approximate surface area is 140 Å². The van der Waals surface area contributed by atoms with Crippen molar-refractivity contribution in [3.8, 4) is 0 Å². The van der Waals surface area contributed by atoms with Gasteiger partial charge < -0.3 is 14.9 Å². The minimum Gasteiger partial charge on any atom is -0.346 e. The Balaban J connectivity index is 1.57. The van der Waals surface area contributed by atoms with Crippen LogP contribution >= 0.6 is 0 Å². The van der Waals surface area contributed by atoms with Gasteiger partial charge in [0.1, 0.15) is 0 Å². The first-order valence-corrected chi connectivity index (χ1v) is 9.97. The van der Waals surface area contributed by atoms with Crippen LogP contribution in [0.3, 0.4) is 0 Å². The van der Waals surface area contributed by atoms with E-state index in [1.54, 1.807) is 0 Å². The lowest BCUT2D eigenvalue weighted by Crippen LogP contribution is -2.53. The first kappa shape index (κ1) is 16.4. The van der Waals surface area contributed by atoms with Gasteiger partial charge in [-0.1, -0.05) is 26.7 Å². The molecule has 4 aliphatic carbocycles. The largest absolute Gasteiger partial charge is 0.346 e. The van der Waals surface area contributed by atoms with Crippen molar-refractivity contribution in [2.45, 2.75) is 90.6 Å². The van der Waals surface area contributed by atoms with Crippen molar-refractivity contribution in [3.63, 3.8) is 0 Å². The Morgan fingerprint density at radius 1 is 0.826 bits per heavy atom. The summed E-state index contributed by atoms with van der Waals surface area (Å²) in [5, 5.41) is 18.6. The minimum absolute atomic E-state index is 0.0327. The summed E-state index contributed by atoms with van der Waals surface area (Å²) >= 11 is 0. The molecular weight excluding hydrogens is 288 g/mol. The first-order valence-electron chi connectivity index (χ1n) is 9.97. The lowest BCUT2D eigenvalue weighted by Gasteiger charge is -2.60. The highest BCUT2D eigenvalue weighted by molar-refractivity contribution is 5.09. The lowest BCUT2D eigenvalue weighted by atomic mass is 9.45. The van der Waals surface area contributed by atoms with Crippen LogP contribution in [0.25, 0.3) is 0 Å². The SMILES string of the molecule is C[C@]12CCCC[C@H]1CC[C@@H]1[C@@H]2CC[C@]2(C)[C@@H](OC(O)O)CC[C@@H]12. The molecule has 0 bridgehead atoms. The second-order valence-electron chi connectivity index (χ2n) is 9.48. The van der Waals surface area contributed by atoms with E-state index in [4.69, 9.17) is 4.74 Å². The van der Waals surface area contributed by atoms with Crippen molar-refractivity contribution in [3.05, 3.63) is 0 Å². The van der Waals surface area contributed by atoms with E-state index >= 15 is 0 Å². The molecule has 3 nitrogen and oxygen atoms in total. The van der Waals surface area contributed by atoms with Crippen LogP contribution in [0, 0.1) is 34.5 Å². The van der Waals surface area contributed by atoms with Gasteiger partial charge in [-0.25, -0.2) is 0 Å². The number of fused-ring (bicyclic) bond motifs is 5. The van der Waals surface area contributed by atoms with Gasteiger partial charge in [-0.3, -0.25) is 0 Å². The van der Waals surface area contributed by atoms with Crippen molar-refractivity contribution in [2.24, 2.45) is 34.5 Å². The van der Waals surface area contributed by atoms with Crippen LogP contribution in [0.4, 0.5) is 0 Å². The van der Waals surface area contributed by atoms with Crippen LogP contribution in [0.1, 0.15) is 78.1 Å². The summed E-state index contributed by atoms with van der Waals surface area (Å²) in [7, 11) is 0. The highest BCUT2D eigenvalue weighted by Gasteiger charge is 2.60. The Bertz CT molecular complexity index is 450. The van der Waals surface area contributed by atoms with E-state index < -0.39 is 6.48 Å². The Kier molecular flexibility index (Phi) is 4.06. The van der Waals surface area contributed by atoms with E-state index in [-0.39, 0.29) is 11.5 Å². The molecule has 7 atom stereocenters. The molecule has 4 aliphatic rings. The van der Waals surface area contributed by atoms with Gasteiger partial charge in [0.15, 0.2) is 0 Å². The lowest BCUT2D eigenvalue weighted by molar-refractivity contribution is -0.275. The van der Waals surface area contributed by atoms with Gasteiger partial charge in [-0.2, -0.15) is 0 Å². The summed E-state index contributed by atoms with van der Waals surface area (Å²) in [5.41, 5.74) is 0.737. The fraction of sp³-hybridized carbons (Fsp3) is 1.00. The molecule has 2 N–H and O–H groups in total. The topological polar surface area (TPSA) is 49.7 Å². The molecule has 132 valence electrons. The van der Waals surface area contributed by atoms with Crippen LogP contribution in [0.2, 0.25) is 0 Å². The molecule has 4 saturated carbocycles. The van der Waals surface area contributed by atoms with Gasteiger partial charge in [0.25, 0.3) is 6.48 Å². The predicted molar refractivity (Wildman–Crippen MR) is 89.4 cm³/mol. The summed E-state index contributed by atoms with van der Waals surface area (Å²) in [6.45, 7) is 3.36. The molecule has 3 heteroatoms. The quantitative estimate of drug-likeness (QED) is 0.753. The van der Waals surface area contributed by atoms with Gasteiger partial charge in [0.05, 0.1) is 6.10 Å². The molecule has 4 fully saturated rings. The third-order valence-electron chi connectivity index (χ3n) is 8.78. The molecule has 0 aromatic rings. The molecule has 0 unspecified atom stereocenters. The smallest absolute Gasteiger partial charge is 0.266 e. The van der Waals surface area contributed by atoms with Gasteiger partial charge in [-0.15, -0.1) is 0 Å². The van der Waals surface area contributed by atoms with E-state index in [9.17, 15) is 10.2 Å². The molecule has 0 aromatic heterocycles. The normalized spacial score (nSPS) is 52.8. The molecule has 23 heavy (non-hydrogen) atoms. The summed E-state index contributed by atoms with van der Waals surface area (Å²) in [5.74, 6) is 3.44. The van der Waals surface area contributed by atoms with E-state index in [1.165, 1.54) is 57.8 Å². The molecule has 0 radical (unpaired) electrons. The standard InChI is InChI=1S/C20H34O3/c1-19-11-4-3-5-13(19)6-7-14-15-8-9-17(23-18(21)22)20(15,2)12-10-16(14)19/h13-18,21-22H,3-12H2,1-2H3/t13-,14-,15-,16-,17-,19-,20-/m0/s1. The molecule has 0 spiro atoms. The number of ether oxygens (including phenoxy) is 1. The van der Waals surface area contributed by atoms with E-state index in [2.05, 4.69) is 13.8 Å². The van der Waals surface area contributed by atoms with Gasteiger partial charge >= 0.3 is 0 Å². The number of hydrogen-bond donors (Lipinski definition) is 2. The van der Waals surface area contributed by atoms with Crippen LogP contribution in [-0.4, -0.2) is 22.8 Å². The van der Waals surface area contributed by atoms with Gasteiger partial charge in [0, 0.05) is 0 Å². The maximum Gasteiger partial charge on any atom is 0.266 e. The maximum atomic E-state index is 9.28. The first-order chi connectivity index (χ1) is 10.9. The monoisotopic (exact) mass is 322 g/mol. The summed E-state index contributed by atoms with van der Waals surface area (Å²) in [6, 6.07) is 0. The number of hydrogen-bond acceptors (Lipinski definition) is 3. The average Bonchev–Trinajstić information content (AvgIpc) is 2.83. The van der Waals surface area contributed by atoms with Gasteiger partial charge in [0.2, 0.25) is 0 Å². The Hall–Kier alpha value is -0.120. The maximum absolute atomic E-state index is 9.28. The molecule has 4 rings (SSSR count). The molecular formula is C20H34O3. The van der Waals surface area contributed by atoms with Crippen molar-refractivity contribution >= 4 is 0 Å². The highest BCUT2D eigenvalue weighted by Crippen LogP contribution is 2.66. The summed E-state index contributed by atoms with van der Waals surface area (Å²) in [6.07, 6.45) is 13.4. The number of rotatable bonds is 2. The summed E-state index contributed by atoms with van der Waals surface area (Å²) < 4.78 is 5.51. The van der Waals surface area contributed by atoms with Crippen LogP contribution in [0.15, 0.2) is 0 Å². The third kappa shape index (κ3) is 2.41. The molecule has 0 aliphatic heterocycles. The van der Waals surface area contributed by atoms with Crippen molar-refractivity contribution < 1.29 is 14.9 Å². The minimum atomic E-state index is -1.61. The van der Waals surface area contributed by atoms with Crippen LogP contribution in [-0.2, 0) is 4.74 Å². The average molecular weight is 322 g/mol. The van der Waals surface area contributed by atoms with E-state index in [0.717, 1.165) is 30.1 Å². The fourth-order valence-corrected chi connectivity index (χ4v) is 7.62. The molecule has 0 amide bonds. The highest BCUT2D eigenvalue weighted by atomic mass is 16.7. The third-order valence-corrected chi connectivity index (χ3v) is 8.78. The van der Waals surface area contributed by atoms with E-state index in [0.29, 0.717) is 5.41 Å². The zero-order chi connectivity index (χ0) is 16.2. The second kappa shape index (κ2) is 5.71. The second-order valence-corrected chi connectivity index (χ2v) is 9.48. The molecule has 0 heterocycles. The Morgan fingerprint density at radius 3 is 2.39 bits per heavy atom. The predicted octanol–water partition coefficient (Wildman–Crippen LogP) is 4.07. The van der Waals surface area contributed by atoms with Crippen molar-refractivity contribution in [1.82, 2.24) is 0 Å². The zero-order valence-electron chi connectivity index (χ0n) is 14.8. The van der Waals surface area contributed by atoms with Crippen LogP contribution < -0.4 is 0 Å². The zero-order valence-corrected chi connectivity index (χ0v) is 14.8. The van der Waals surface area contributed by atoms with E-state index in [1.807, 2.05) is 0 Å². The van der Waals surface area contributed by atoms with Crippen molar-refractivity contribution in [1.29, 1.82) is 0 Å². The van der Waals surface area contributed by atoms with Crippen molar-refractivity contribution in [2.75, 3.05) is 0 Å². The number of aliphatic hydroxyl groups is 2. The molecule has 0 saturated heterocycles. The number of aliphatic hydroxyl groups excluding tert-OH is 1. The molecule has 0 aromatic carbocycles. The fourth-order valence-electron chi connectivity index (χ4n) is 7.62. The van der Waals surface area contributed by atoms with Gasteiger partial charge in [-0.05, 0) is 85.9 Å². The van der Waals surface area contributed by atoms with Crippen LogP contribution in [0.5, 0.6) is 0 Å².